The standard InChI is InChI=1S/C15H33N3O2S/c1-3-9-16-10-4-5-14-21(19,20)17-11-6-15-7-12-18(2)13-8-15/h15-17H,3-14H2,1-2H3. The van der Waals surface area contributed by atoms with Crippen molar-refractivity contribution in [1.82, 2.24) is 14.9 Å². The summed E-state index contributed by atoms with van der Waals surface area (Å²) >= 11 is 0. The first kappa shape index (κ1) is 18.9. The fourth-order valence-electron chi connectivity index (χ4n) is 2.69. The summed E-state index contributed by atoms with van der Waals surface area (Å²) in [5.41, 5.74) is 0. The third kappa shape index (κ3) is 9.45. The van der Waals surface area contributed by atoms with Crippen LogP contribution in [0, 0.1) is 5.92 Å². The van der Waals surface area contributed by atoms with Crippen molar-refractivity contribution in [3.63, 3.8) is 0 Å². The van der Waals surface area contributed by atoms with Gasteiger partial charge in [-0.25, -0.2) is 13.1 Å². The summed E-state index contributed by atoms with van der Waals surface area (Å²) in [6.07, 6.45) is 6.15. The van der Waals surface area contributed by atoms with E-state index in [1.807, 2.05) is 0 Å². The van der Waals surface area contributed by atoms with E-state index in [1.165, 1.54) is 12.8 Å². The fraction of sp³-hybridized carbons (Fsp3) is 1.00. The third-order valence-corrected chi connectivity index (χ3v) is 5.63. The van der Waals surface area contributed by atoms with Gasteiger partial charge in [-0.2, -0.15) is 0 Å². The lowest BCUT2D eigenvalue weighted by atomic mass is 9.94. The maximum absolute atomic E-state index is 11.9. The van der Waals surface area contributed by atoms with E-state index in [4.69, 9.17) is 0 Å². The zero-order chi connectivity index (χ0) is 15.6. The zero-order valence-corrected chi connectivity index (χ0v) is 14.6. The van der Waals surface area contributed by atoms with Gasteiger partial charge >= 0.3 is 0 Å². The van der Waals surface area contributed by atoms with Crippen molar-refractivity contribution in [1.29, 1.82) is 0 Å². The SMILES string of the molecule is CCCNCCCCS(=O)(=O)NCCC1CCN(C)CC1. The predicted octanol–water partition coefficient (Wildman–Crippen LogP) is 1.42. The van der Waals surface area contributed by atoms with Gasteiger partial charge in [-0.1, -0.05) is 6.92 Å². The molecule has 1 aliphatic heterocycles. The maximum atomic E-state index is 11.9. The van der Waals surface area contributed by atoms with E-state index in [-0.39, 0.29) is 5.75 Å². The van der Waals surface area contributed by atoms with Gasteiger partial charge in [0.2, 0.25) is 10.0 Å². The van der Waals surface area contributed by atoms with Gasteiger partial charge in [-0.15, -0.1) is 0 Å². The molecule has 1 heterocycles. The second-order valence-corrected chi connectivity index (χ2v) is 8.13. The molecule has 0 aromatic carbocycles. The highest BCUT2D eigenvalue weighted by molar-refractivity contribution is 7.89. The molecular formula is C15H33N3O2S. The fourth-order valence-corrected chi connectivity index (χ4v) is 3.84. The quantitative estimate of drug-likeness (QED) is 0.565. The van der Waals surface area contributed by atoms with E-state index in [0.717, 1.165) is 51.9 Å². The molecule has 1 saturated heterocycles. The molecule has 0 radical (unpaired) electrons. The average Bonchev–Trinajstić information content (AvgIpc) is 2.45. The second-order valence-electron chi connectivity index (χ2n) is 6.21. The van der Waals surface area contributed by atoms with Gasteiger partial charge in [0.05, 0.1) is 5.75 Å². The Kier molecular flexibility index (Phi) is 9.47. The van der Waals surface area contributed by atoms with Crippen molar-refractivity contribution < 1.29 is 8.42 Å². The van der Waals surface area contributed by atoms with Crippen LogP contribution >= 0.6 is 0 Å². The molecule has 0 aromatic rings. The maximum Gasteiger partial charge on any atom is 0.211 e. The second kappa shape index (κ2) is 10.5. The van der Waals surface area contributed by atoms with E-state index < -0.39 is 10.0 Å². The van der Waals surface area contributed by atoms with Crippen LogP contribution in [0.1, 0.15) is 45.4 Å². The first-order valence-corrected chi connectivity index (χ1v) is 10.1. The lowest BCUT2D eigenvalue weighted by molar-refractivity contribution is 0.213. The number of rotatable bonds is 11. The van der Waals surface area contributed by atoms with Gasteiger partial charge in [-0.05, 0) is 77.7 Å². The molecule has 126 valence electrons. The Morgan fingerprint density at radius 3 is 2.48 bits per heavy atom. The van der Waals surface area contributed by atoms with Crippen LogP contribution in [0.25, 0.3) is 0 Å². The minimum absolute atomic E-state index is 0.258. The number of piperidine rings is 1. The number of unbranched alkanes of at least 4 members (excludes halogenated alkanes) is 1. The van der Waals surface area contributed by atoms with Crippen LogP contribution in [-0.4, -0.2) is 58.8 Å². The van der Waals surface area contributed by atoms with Gasteiger partial charge in [0.25, 0.3) is 0 Å². The van der Waals surface area contributed by atoms with Crippen LogP contribution in [0.4, 0.5) is 0 Å². The summed E-state index contributed by atoms with van der Waals surface area (Å²) in [6.45, 7) is 6.95. The molecule has 1 rings (SSSR count). The first-order valence-electron chi connectivity index (χ1n) is 8.40. The topological polar surface area (TPSA) is 61.4 Å². The molecule has 0 saturated carbocycles. The van der Waals surface area contributed by atoms with Crippen molar-refractivity contribution in [2.45, 2.75) is 45.4 Å². The molecule has 1 aliphatic rings. The van der Waals surface area contributed by atoms with Crippen molar-refractivity contribution in [3.8, 4) is 0 Å². The molecule has 1 fully saturated rings. The van der Waals surface area contributed by atoms with Gasteiger partial charge in [0.15, 0.2) is 0 Å². The number of nitrogens with zero attached hydrogens (tertiary/aromatic N) is 1. The van der Waals surface area contributed by atoms with E-state index in [2.05, 4.69) is 28.9 Å². The van der Waals surface area contributed by atoms with Gasteiger partial charge in [0, 0.05) is 6.54 Å². The highest BCUT2D eigenvalue weighted by atomic mass is 32.2. The third-order valence-electron chi connectivity index (χ3n) is 4.16. The lowest BCUT2D eigenvalue weighted by Gasteiger charge is -2.28. The van der Waals surface area contributed by atoms with Crippen molar-refractivity contribution in [3.05, 3.63) is 0 Å². The molecule has 0 unspecified atom stereocenters. The van der Waals surface area contributed by atoms with E-state index in [0.29, 0.717) is 12.5 Å². The number of sulfonamides is 1. The average molecular weight is 320 g/mol. The highest BCUT2D eigenvalue weighted by Gasteiger charge is 2.17. The predicted molar refractivity (Wildman–Crippen MR) is 89.0 cm³/mol. The summed E-state index contributed by atoms with van der Waals surface area (Å²) in [4.78, 5) is 2.34. The Labute approximate surface area is 130 Å². The molecule has 0 amide bonds. The summed E-state index contributed by atoms with van der Waals surface area (Å²) in [6, 6.07) is 0. The Morgan fingerprint density at radius 2 is 1.81 bits per heavy atom. The van der Waals surface area contributed by atoms with Crippen molar-refractivity contribution in [2.24, 2.45) is 5.92 Å². The number of hydrogen-bond acceptors (Lipinski definition) is 4. The number of likely N-dealkylation sites (tertiary alicyclic amines) is 1. The molecule has 0 spiro atoms. The van der Waals surface area contributed by atoms with Crippen LogP contribution in [0.5, 0.6) is 0 Å². The van der Waals surface area contributed by atoms with E-state index in [9.17, 15) is 8.42 Å². The molecule has 0 atom stereocenters. The van der Waals surface area contributed by atoms with Crippen LogP contribution in [-0.2, 0) is 10.0 Å². The Balaban J connectivity index is 2.04. The van der Waals surface area contributed by atoms with Gasteiger partial charge in [-0.3, -0.25) is 0 Å². The monoisotopic (exact) mass is 319 g/mol. The normalized spacial score (nSPS) is 18.2. The van der Waals surface area contributed by atoms with Gasteiger partial charge < -0.3 is 10.2 Å². The summed E-state index contributed by atoms with van der Waals surface area (Å²) in [5, 5.41) is 3.29. The molecule has 2 N–H and O–H groups in total. The smallest absolute Gasteiger partial charge is 0.211 e. The van der Waals surface area contributed by atoms with Crippen LogP contribution in [0.15, 0.2) is 0 Å². The van der Waals surface area contributed by atoms with Crippen LogP contribution < -0.4 is 10.0 Å². The molecule has 5 nitrogen and oxygen atoms in total. The minimum atomic E-state index is -3.07. The Bertz CT molecular complexity index is 352. The lowest BCUT2D eigenvalue weighted by Crippen LogP contribution is -2.33. The number of nitrogens with one attached hydrogen (secondary N) is 2. The Morgan fingerprint density at radius 1 is 1.10 bits per heavy atom. The molecule has 6 heteroatoms. The molecule has 0 bridgehead atoms. The van der Waals surface area contributed by atoms with Crippen LogP contribution in [0.3, 0.4) is 0 Å². The summed E-state index contributed by atoms with van der Waals surface area (Å²) in [7, 11) is -0.927. The van der Waals surface area contributed by atoms with Gasteiger partial charge in [0.1, 0.15) is 0 Å². The summed E-state index contributed by atoms with van der Waals surface area (Å²) < 4.78 is 26.5. The summed E-state index contributed by atoms with van der Waals surface area (Å²) in [5.74, 6) is 0.941. The van der Waals surface area contributed by atoms with E-state index >= 15 is 0 Å². The number of hydrogen-bond donors (Lipinski definition) is 2. The zero-order valence-electron chi connectivity index (χ0n) is 13.7. The van der Waals surface area contributed by atoms with E-state index in [1.54, 1.807) is 0 Å². The van der Waals surface area contributed by atoms with Crippen molar-refractivity contribution in [2.75, 3.05) is 45.5 Å². The minimum Gasteiger partial charge on any atom is -0.317 e. The van der Waals surface area contributed by atoms with Crippen molar-refractivity contribution >= 4 is 10.0 Å². The first-order chi connectivity index (χ1) is 10.0. The molecule has 21 heavy (non-hydrogen) atoms. The molecule has 0 aromatic heterocycles. The molecular weight excluding hydrogens is 286 g/mol. The van der Waals surface area contributed by atoms with Crippen LogP contribution in [0.2, 0.25) is 0 Å². The largest absolute Gasteiger partial charge is 0.317 e. The highest BCUT2D eigenvalue weighted by Crippen LogP contribution is 2.18. The molecule has 0 aliphatic carbocycles. The Hall–Kier alpha value is -0.170.